The number of pyridine rings is 1. The highest BCUT2D eigenvalue weighted by atomic mass is 32.1. The van der Waals surface area contributed by atoms with Crippen LogP contribution in [0, 0.1) is 19.8 Å². The van der Waals surface area contributed by atoms with Gasteiger partial charge in [0.15, 0.2) is 5.13 Å². The summed E-state index contributed by atoms with van der Waals surface area (Å²) in [6.45, 7) is 6.47. The molecule has 30 heavy (non-hydrogen) atoms. The summed E-state index contributed by atoms with van der Waals surface area (Å²) in [6.07, 6.45) is 3.37. The van der Waals surface area contributed by atoms with Gasteiger partial charge in [0.25, 0.3) is 0 Å². The first-order valence-electron chi connectivity index (χ1n) is 10.0. The van der Waals surface area contributed by atoms with Gasteiger partial charge in [-0.1, -0.05) is 24.3 Å². The largest absolute Gasteiger partial charge is 0.375 e. The summed E-state index contributed by atoms with van der Waals surface area (Å²) in [7, 11) is 0. The zero-order valence-electron chi connectivity index (χ0n) is 17.3. The number of thiazole rings is 1. The van der Waals surface area contributed by atoms with Gasteiger partial charge < -0.3 is 16.0 Å². The summed E-state index contributed by atoms with van der Waals surface area (Å²) in [5.41, 5.74) is 10.0. The predicted octanol–water partition coefficient (Wildman–Crippen LogP) is 3.83. The van der Waals surface area contributed by atoms with Gasteiger partial charge in [-0.15, -0.1) is 0 Å². The Morgan fingerprint density at radius 1 is 1.23 bits per heavy atom. The fraction of sp³-hybridized carbons (Fsp3) is 0.364. The third-order valence-corrected chi connectivity index (χ3v) is 6.55. The van der Waals surface area contributed by atoms with Crippen LogP contribution in [-0.2, 0) is 9.59 Å². The van der Waals surface area contributed by atoms with E-state index in [2.05, 4.69) is 22.2 Å². The lowest BCUT2D eigenvalue weighted by atomic mass is 9.89. The highest BCUT2D eigenvalue weighted by Crippen LogP contribution is 2.35. The number of hydrogen-bond donors (Lipinski definition) is 2. The number of aromatic nitrogens is 2. The Balaban J connectivity index is 1.58. The molecule has 2 aromatic heterocycles. The summed E-state index contributed by atoms with van der Waals surface area (Å²) in [5.74, 6) is -0.833. The third-order valence-electron chi connectivity index (χ3n) is 5.68. The molecule has 0 saturated carbocycles. The second kappa shape index (κ2) is 8.02. The first-order chi connectivity index (χ1) is 14.3. The molecule has 1 aliphatic rings. The molecule has 7 nitrogen and oxygen atoms in total. The van der Waals surface area contributed by atoms with Gasteiger partial charge in [0.05, 0.1) is 28.1 Å². The van der Waals surface area contributed by atoms with E-state index in [9.17, 15) is 9.59 Å². The molecule has 0 radical (unpaired) electrons. The van der Waals surface area contributed by atoms with Crippen molar-refractivity contribution in [2.45, 2.75) is 39.7 Å². The smallest absolute Gasteiger partial charge is 0.313 e. The highest BCUT2D eigenvalue weighted by Gasteiger charge is 2.34. The number of carbonyl (C=O) groups excluding carboxylic acids is 2. The molecule has 3 heterocycles. The number of nitrogens with one attached hydrogen (secondary N) is 1. The van der Waals surface area contributed by atoms with E-state index in [1.807, 2.05) is 38.1 Å². The van der Waals surface area contributed by atoms with Gasteiger partial charge in [-0.05, 0) is 61.9 Å². The molecule has 0 spiro atoms. The van der Waals surface area contributed by atoms with E-state index in [0.717, 1.165) is 39.9 Å². The molecule has 2 atom stereocenters. The van der Waals surface area contributed by atoms with Gasteiger partial charge in [0.1, 0.15) is 0 Å². The Bertz CT molecular complexity index is 1130. The molecule has 8 heteroatoms. The van der Waals surface area contributed by atoms with Gasteiger partial charge in [-0.2, -0.15) is 0 Å². The standard InChI is InChI=1S/C22H25N5O2S/c1-12-4-6-18(15-5-7-19-17(9-15)26-22(23)30-19)27(11-12)21(29)20(28)25-16-8-13(2)14(3)24-10-16/h5,7-10,12,18H,4,6,11H2,1-3H3,(H2,23,26)(H,25,28)/t12-,18+/m0/s1. The van der Waals surface area contributed by atoms with Crippen molar-refractivity contribution < 1.29 is 9.59 Å². The molecular weight excluding hydrogens is 398 g/mol. The lowest BCUT2D eigenvalue weighted by Gasteiger charge is -2.38. The van der Waals surface area contributed by atoms with Crippen LogP contribution in [0.2, 0.25) is 0 Å². The van der Waals surface area contributed by atoms with Gasteiger partial charge >= 0.3 is 11.8 Å². The molecule has 0 bridgehead atoms. The maximum absolute atomic E-state index is 13.1. The number of likely N-dealkylation sites (tertiary alicyclic amines) is 1. The lowest BCUT2D eigenvalue weighted by molar-refractivity contribution is -0.146. The van der Waals surface area contributed by atoms with Crippen molar-refractivity contribution in [1.82, 2.24) is 14.9 Å². The van der Waals surface area contributed by atoms with Crippen molar-refractivity contribution >= 4 is 44.2 Å². The lowest BCUT2D eigenvalue weighted by Crippen LogP contribution is -2.46. The molecular formula is C22H25N5O2S. The van der Waals surface area contributed by atoms with Gasteiger partial charge in [0.2, 0.25) is 0 Å². The Labute approximate surface area is 179 Å². The molecule has 2 amide bonds. The molecule has 1 aliphatic heterocycles. The minimum Gasteiger partial charge on any atom is -0.375 e. The number of aryl methyl sites for hydroxylation is 2. The summed E-state index contributed by atoms with van der Waals surface area (Å²) < 4.78 is 1.01. The molecule has 0 aliphatic carbocycles. The second-order valence-corrected chi connectivity index (χ2v) is 9.08. The summed E-state index contributed by atoms with van der Waals surface area (Å²) >= 11 is 1.44. The average molecular weight is 424 g/mol. The number of benzene rings is 1. The molecule has 3 aromatic rings. The van der Waals surface area contributed by atoms with Crippen LogP contribution in [0.15, 0.2) is 30.5 Å². The molecule has 1 fully saturated rings. The van der Waals surface area contributed by atoms with Crippen LogP contribution in [0.1, 0.15) is 42.6 Å². The molecule has 3 N–H and O–H groups in total. The van der Waals surface area contributed by atoms with Crippen molar-refractivity contribution in [3.05, 3.63) is 47.3 Å². The fourth-order valence-corrected chi connectivity index (χ4v) is 4.63. The van der Waals surface area contributed by atoms with E-state index in [0.29, 0.717) is 23.3 Å². The number of amides is 2. The van der Waals surface area contributed by atoms with Crippen molar-refractivity contribution in [3.8, 4) is 0 Å². The SMILES string of the molecule is Cc1cc(NC(=O)C(=O)N2C[C@@H](C)CC[C@@H]2c2ccc3sc(N)nc3c2)cnc1C. The van der Waals surface area contributed by atoms with E-state index >= 15 is 0 Å². The Hall–Kier alpha value is -3.00. The Morgan fingerprint density at radius 2 is 2.03 bits per heavy atom. The van der Waals surface area contributed by atoms with Crippen LogP contribution >= 0.6 is 11.3 Å². The summed E-state index contributed by atoms with van der Waals surface area (Å²) in [6, 6.07) is 7.63. The molecule has 4 rings (SSSR count). The molecule has 1 saturated heterocycles. The van der Waals surface area contributed by atoms with Crippen molar-refractivity contribution in [2.75, 3.05) is 17.6 Å². The number of hydrogen-bond acceptors (Lipinski definition) is 6. The third kappa shape index (κ3) is 4.00. The zero-order chi connectivity index (χ0) is 21.4. The number of fused-ring (bicyclic) bond motifs is 1. The first-order valence-corrected chi connectivity index (χ1v) is 10.8. The zero-order valence-corrected chi connectivity index (χ0v) is 18.1. The van der Waals surface area contributed by atoms with Crippen LogP contribution in [0.25, 0.3) is 10.2 Å². The number of rotatable bonds is 2. The Kier molecular flexibility index (Phi) is 5.42. The van der Waals surface area contributed by atoms with Crippen LogP contribution in [0.4, 0.5) is 10.8 Å². The number of nitrogens with zero attached hydrogens (tertiary/aromatic N) is 3. The van der Waals surface area contributed by atoms with Crippen LogP contribution in [0.5, 0.6) is 0 Å². The maximum atomic E-state index is 13.1. The summed E-state index contributed by atoms with van der Waals surface area (Å²) in [4.78, 5) is 36.2. The van der Waals surface area contributed by atoms with Crippen LogP contribution in [0.3, 0.4) is 0 Å². The molecule has 1 aromatic carbocycles. The maximum Gasteiger partial charge on any atom is 0.313 e. The minimum absolute atomic E-state index is 0.162. The molecule has 156 valence electrons. The van der Waals surface area contributed by atoms with Crippen molar-refractivity contribution in [3.63, 3.8) is 0 Å². The topological polar surface area (TPSA) is 101 Å². The minimum atomic E-state index is -0.641. The summed E-state index contributed by atoms with van der Waals surface area (Å²) in [5, 5.41) is 3.23. The number of nitrogens with two attached hydrogens (primary N) is 1. The van der Waals surface area contributed by atoms with Gasteiger partial charge in [-0.25, -0.2) is 4.98 Å². The van der Waals surface area contributed by atoms with E-state index in [1.165, 1.54) is 11.3 Å². The monoisotopic (exact) mass is 423 g/mol. The second-order valence-electron chi connectivity index (χ2n) is 8.02. The van der Waals surface area contributed by atoms with E-state index < -0.39 is 11.8 Å². The van der Waals surface area contributed by atoms with Crippen molar-refractivity contribution in [2.24, 2.45) is 5.92 Å². The van der Waals surface area contributed by atoms with E-state index in [1.54, 1.807) is 11.1 Å². The fourth-order valence-electron chi connectivity index (χ4n) is 3.92. The predicted molar refractivity (Wildman–Crippen MR) is 119 cm³/mol. The van der Waals surface area contributed by atoms with Gasteiger partial charge in [-0.3, -0.25) is 14.6 Å². The highest BCUT2D eigenvalue weighted by molar-refractivity contribution is 7.22. The molecule has 0 unspecified atom stereocenters. The number of piperidine rings is 1. The number of anilines is 2. The average Bonchev–Trinajstić information content (AvgIpc) is 3.09. The normalized spacial score (nSPS) is 19.1. The van der Waals surface area contributed by atoms with Crippen LogP contribution < -0.4 is 11.1 Å². The van der Waals surface area contributed by atoms with Crippen LogP contribution in [-0.4, -0.2) is 33.2 Å². The van der Waals surface area contributed by atoms with E-state index in [-0.39, 0.29) is 6.04 Å². The first kappa shape index (κ1) is 20.3. The van der Waals surface area contributed by atoms with Crippen molar-refractivity contribution in [1.29, 1.82) is 0 Å². The Morgan fingerprint density at radius 3 is 2.80 bits per heavy atom. The van der Waals surface area contributed by atoms with Gasteiger partial charge in [0, 0.05) is 12.2 Å². The number of nitrogen functional groups attached to an aromatic ring is 1. The van der Waals surface area contributed by atoms with E-state index in [4.69, 9.17) is 5.73 Å². The quantitative estimate of drug-likeness (QED) is 0.610. The number of carbonyl (C=O) groups is 2.